The summed E-state index contributed by atoms with van der Waals surface area (Å²) in [6, 6.07) is 22.6. The van der Waals surface area contributed by atoms with Gasteiger partial charge in [-0.15, -0.1) is 0 Å². The number of carbonyl (C=O) groups is 1. The lowest BCUT2D eigenvalue weighted by atomic mass is 10.1. The number of para-hydroxylation sites is 1. The fraction of sp³-hybridized carbons (Fsp3) is 0.190. The average molecular weight is 413 g/mol. The minimum Gasteiger partial charge on any atom is -0.448 e. The van der Waals surface area contributed by atoms with E-state index in [0.29, 0.717) is 5.69 Å². The smallest absolute Gasteiger partial charge is 0.411 e. The SMILES string of the molecule is O=C(Nc1cccc2ccccc12)OCCNS(=O)(=O)CCNc1ccccc1. The number of sulfonamides is 1. The lowest BCUT2D eigenvalue weighted by molar-refractivity contribution is 0.164. The Morgan fingerprint density at radius 3 is 2.41 bits per heavy atom. The summed E-state index contributed by atoms with van der Waals surface area (Å²) in [5, 5.41) is 7.63. The molecule has 0 aliphatic rings. The molecule has 1 amide bonds. The van der Waals surface area contributed by atoms with Crippen LogP contribution < -0.4 is 15.4 Å². The third-order valence-electron chi connectivity index (χ3n) is 4.16. The number of amides is 1. The molecule has 3 N–H and O–H groups in total. The number of nitrogens with one attached hydrogen (secondary N) is 3. The number of benzene rings is 3. The Balaban J connectivity index is 1.38. The van der Waals surface area contributed by atoms with Gasteiger partial charge in [-0.3, -0.25) is 5.32 Å². The molecule has 0 spiro atoms. The van der Waals surface area contributed by atoms with Crippen LogP contribution in [0.2, 0.25) is 0 Å². The summed E-state index contributed by atoms with van der Waals surface area (Å²) < 4.78 is 31.5. The van der Waals surface area contributed by atoms with E-state index < -0.39 is 16.1 Å². The van der Waals surface area contributed by atoms with Gasteiger partial charge in [0.15, 0.2) is 0 Å². The standard InChI is InChI=1S/C21H23N3O4S/c25-21(24-20-12-6-8-17-7-4-5-11-19(17)20)28-15-13-23-29(26,27)16-14-22-18-9-2-1-3-10-18/h1-12,22-23H,13-16H2,(H,24,25). The molecule has 0 unspecified atom stereocenters. The third-order valence-corrected chi connectivity index (χ3v) is 5.54. The zero-order chi connectivity index (χ0) is 20.5. The first kappa shape index (κ1) is 20.6. The molecule has 0 aliphatic carbocycles. The molecule has 0 atom stereocenters. The van der Waals surface area contributed by atoms with Crippen LogP contribution in [-0.4, -0.2) is 40.0 Å². The van der Waals surface area contributed by atoms with Gasteiger partial charge in [-0.05, 0) is 23.6 Å². The van der Waals surface area contributed by atoms with Gasteiger partial charge in [-0.2, -0.15) is 0 Å². The van der Waals surface area contributed by atoms with Crippen LogP contribution in [0.3, 0.4) is 0 Å². The van der Waals surface area contributed by atoms with Crippen molar-refractivity contribution >= 4 is 38.3 Å². The molecule has 3 rings (SSSR count). The van der Waals surface area contributed by atoms with Gasteiger partial charge in [0.05, 0.1) is 11.4 Å². The highest BCUT2D eigenvalue weighted by Crippen LogP contribution is 2.22. The highest BCUT2D eigenvalue weighted by atomic mass is 32.2. The lowest BCUT2D eigenvalue weighted by Crippen LogP contribution is -2.32. The molecule has 29 heavy (non-hydrogen) atoms. The molecule has 3 aromatic carbocycles. The van der Waals surface area contributed by atoms with Gasteiger partial charge in [0.25, 0.3) is 0 Å². The van der Waals surface area contributed by atoms with E-state index >= 15 is 0 Å². The zero-order valence-corrected chi connectivity index (χ0v) is 16.6. The van der Waals surface area contributed by atoms with Gasteiger partial charge in [0.1, 0.15) is 6.61 Å². The predicted molar refractivity (Wildman–Crippen MR) is 116 cm³/mol. The van der Waals surface area contributed by atoms with E-state index in [4.69, 9.17) is 4.74 Å². The van der Waals surface area contributed by atoms with Crippen LogP contribution in [-0.2, 0) is 14.8 Å². The molecule has 0 saturated carbocycles. The normalized spacial score (nSPS) is 11.2. The molecular formula is C21H23N3O4S. The summed E-state index contributed by atoms with van der Waals surface area (Å²) in [4.78, 5) is 12.0. The van der Waals surface area contributed by atoms with Gasteiger partial charge in [-0.25, -0.2) is 17.9 Å². The van der Waals surface area contributed by atoms with Crippen molar-refractivity contribution in [1.82, 2.24) is 4.72 Å². The fourth-order valence-electron chi connectivity index (χ4n) is 2.78. The molecule has 0 aromatic heterocycles. The quantitative estimate of drug-likeness (QED) is 0.467. The predicted octanol–water partition coefficient (Wildman–Crippen LogP) is 3.42. The molecular weight excluding hydrogens is 390 g/mol. The maximum atomic E-state index is 12.0. The van der Waals surface area contributed by atoms with Crippen molar-refractivity contribution in [3.05, 3.63) is 72.8 Å². The number of hydrogen-bond acceptors (Lipinski definition) is 5. The monoisotopic (exact) mass is 413 g/mol. The van der Waals surface area contributed by atoms with Crippen molar-refractivity contribution in [1.29, 1.82) is 0 Å². The third kappa shape index (κ3) is 6.48. The van der Waals surface area contributed by atoms with E-state index in [0.717, 1.165) is 16.5 Å². The second-order valence-corrected chi connectivity index (χ2v) is 8.22. The van der Waals surface area contributed by atoms with E-state index in [1.54, 1.807) is 6.07 Å². The topological polar surface area (TPSA) is 96.5 Å². The van der Waals surface area contributed by atoms with Crippen molar-refractivity contribution < 1.29 is 17.9 Å². The summed E-state index contributed by atoms with van der Waals surface area (Å²) in [7, 11) is -3.46. The summed E-state index contributed by atoms with van der Waals surface area (Å²) in [6.07, 6.45) is -0.633. The van der Waals surface area contributed by atoms with Gasteiger partial charge in [0, 0.05) is 24.2 Å². The molecule has 0 bridgehead atoms. The number of rotatable bonds is 9. The van der Waals surface area contributed by atoms with Gasteiger partial charge < -0.3 is 10.1 Å². The van der Waals surface area contributed by atoms with Gasteiger partial charge >= 0.3 is 6.09 Å². The van der Waals surface area contributed by atoms with Crippen LogP contribution in [0.15, 0.2) is 72.8 Å². The second kappa shape index (κ2) is 9.90. The molecule has 0 saturated heterocycles. The van der Waals surface area contributed by atoms with Gasteiger partial charge in [0.2, 0.25) is 10.0 Å². The number of carbonyl (C=O) groups excluding carboxylic acids is 1. The lowest BCUT2D eigenvalue weighted by Gasteiger charge is -2.11. The Hall–Kier alpha value is -3.10. The minimum atomic E-state index is -3.46. The average Bonchev–Trinajstić information content (AvgIpc) is 2.72. The second-order valence-electron chi connectivity index (χ2n) is 6.29. The molecule has 0 heterocycles. The van der Waals surface area contributed by atoms with Crippen LogP contribution >= 0.6 is 0 Å². The maximum Gasteiger partial charge on any atom is 0.411 e. The Bertz CT molecular complexity index is 1050. The van der Waals surface area contributed by atoms with E-state index in [-0.39, 0.29) is 25.4 Å². The number of ether oxygens (including phenoxy) is 1. The Kier molecular flexibility index (Phi) is 7.04. The zero-order valence-electron chi connectivity index (χ0n) is 15.8. The maximum absolute atomic E-state index is 12.0. The molecule has 0 aliphatic heterocycles. The number of anilines is 2. The van der Waals surface area contributed by atoms with Crippen LogP contribution in [0.5, 0.6) is 0 Å². The summed E-state index contributed by atoms with van der Waals surface area (Å²) in [5.74, 6) is -0.0793. The van der Waals surface area contributed by atoms with E-state index in [2.05, 4.69) is 15.4 Å². The summed E-state index contributed by atoms with van der Waals surface area (Å²) >= 11 is 0. The Morgan fingerprint density at radius 1 is 0.862 bits per heavy atom. The number of fused-ring (bicyclic) bond motifs is 1. The molecule has 0 radical (unpaired) electrons. The molecule has 0 fully saturated rings. The van der Waals surface area contributed by atoms with E-state index in [1.807, 2.05) is 66.7 Å². The van der Waals surface area contributed by atoms with E-state index in [1.165, 1.54) is 0 Å². The largest absolute Gasteiger partial charge is 0.448 e. The van der Waals surface area contributed by atoms with Crippen molar-refractivity contribution in [3.63, 3.8) is 0 Å². The molecule has 8 heteroatoms. The van der Waals surface area contributed by atoms with Crippen LogP contribution in [0.4, 0.5) is 16.2 Å². The minimum absolute atomic E-state index is 0.0105. The molecule has 3 aromatic rings. The summed E-state index contributed by atoms with van der Waals surface area (Å²) in [6.45, 7) is 0.223. The highest BCUT2D eigenvalue weighted by Gasteiger charge is 2.10. The van der Waals surface area contributed by atoms with Crippen molar-refractivity contribution in [3.8, 4) is 0 Å². The fourth-order valence-corrected chi connectivity index (χ4v) is 3.69. The van der Waals surface area contributed by atoms with Crippen molar-refractivity contribution in [2.75, 3.05) is 36.1 Å². The van der Waals surface area contributed by atoms with E-state index in [9.17, 15) is 13.2 Å². The van der Waals surface area contributed by atoms with Crippen LogP contribution in [0, 0.1) is 0 Å². The molecule has 152 valence electrons. The summed E-state index contributed by atoms with van der Waals surface area (Å²) in [5.41, 5.74) is 1.50. The molecule has 7 nitrogen and oxygen atoms in total. The first-order valence-electron chi connectivity index (χ1n) is 9.21. The highest BCUT2D eigenvalue weighted by molar-refractivity contribution is 7.89. The Labute approximate surface area is 170 Å². The van der Waals surface area contributed by atoms with Crippen LogP contribution in [0.1, 0.15) is 0 Å². The Morgan fingerprint density at radius 2 is 1.59 bits per heavy atom. The van der Waals surface area contributed by atoms with Crippen molar-refractivity contribution in [2.45, 2.75) is 0 Å². The van der Waals surface area contributed by atoms with Gasteiger partial charge in [-0.1, -0.05) is 54.6 Å². The van der Waals surface area contributed by atoms with Crippen molar-refractivity contribution in [2.24, 2.45) is 0 Å². The van der Waals surface area contributed by atoms with Crippen LogP contribution in [0.25, 0.3) is 10.8 Å². The first-order chi connectivity index (χ1) is 14.0. The first-order valence-corrected chi connectivity index (χ1v) is 10.9. The number of hydrogen-bond donors (Lipinski definition) is 3.